The van der Waals surface area contributed by atoms with Gasteiger partial charge in [-0.05, 0) is 12.5 Å². The maximum atomic E-state index is 12.1. The monoisotopic (exact) mass is 244 g/mol. The second-order valence-corrected chi connectivity index (χ2v) is 3.96. The first-order valence-corrected chi connectivity index (χ1v) is 5.09. The lowest BCUT2D eigenvalue weighted by Gasteiger charge is -2.13. The molecule has 92 valence electrons. The summed E-state index contributed by atoms with van der Waals surface area (Å²) in [7, 11) is 0. The lowest BCUT2D eigenvalue weighted by Crippen LogP contribution is -2.35. The SMILES string of the molecule is Cc1cccc2c1NC(=O)C2NCC(F)(F)F. The number of hydrogen-bond acceptors (Lipinski definition) is 2. The summed E-state index contributed by atoms with van der Waals surface area (Å²) in [6.45, 7) is 0.615. The molecule has 1 heterocycles. The molecule has 0 fully saturated rings. The number of alkyl halides is 3. The van der Waals surface area contributed by atoms with Crippen LogP contribution in [-0.2, 0) is 4.79 Å². The minimum absolute atomic E-state index is 0.446. The molecule has 1 aromatic rings. The number of hydrogen-bond donors (Lipinski definition) is 2. The van der Waals surface area contributed by atoms with Gasteiger partial charge < -0.3 is 5.32 Å². The molecule has 0 radical (unpaired) electrons. The van der Waals surface area contributed by atoms with Crippen molar-refractivity contribution in [3.63, 3.8) is 0 Å². The number of carbonyl (C=O) groups is 1. The Balaban J connectivity index is 2.21. The van der Waals surface area contributed by atoms with Crippen LogP contribution in [0.5, 0.6) is 0 Å². The van der Waals surface area contributed by atoms with Gasteiger partial charge in [0.15, 0.2) is 0 Å². The van der Waals surface area contributed by atoms with Gasteiger partial charge in [-0.2, -0.15) is 13.2 Å². The molecule has 3 nitrogen and oxygen atoms in total. The quantitative estimate of drug-likeness (QED) is 0.836. The van der Waals surface area contributed by atoms with E-state index in [0.717, 1.165) is 5.56 Å². The lowest BCUT2D eigenvalue weighted by molar-refractivity contribution is -0.129. The molecule has 0 aliphatic carbocycles. The second-order valence-electron chi connectivity index (χ2n) is 3.96. The van der Waals surface area contributed by atoms with Gasteiger partial charge in [-0.3, -0.25) is 10.1 Å². The van der Waals surface area contributed by atoms with E-state index < -0.39 is 24.7 Å². The van der Waals surface area contributed by atoms with Crippen LogP contribution in [0.4, 0.5) is 18.9 Å². The predicted molar refractivity (Wildman–Crippen MR) is 56.6 cm³/mol. The van der Waals surface area contributed by atoms with Crippen molar-refractivity contribution in [1.82, 2.24) is 5.32 Å². The summed E-state index contributed by atoms with van der Waals surface area (Å²) in [6, 6.07) is 4.24. The Hall–Kier alpha value is -1.56. The first-order valence-electron chi connectivity index (χ1n) is 5.09. The van der Waals surface area contributed by atoms with Gasteiger partial charge in [-0.15, -0.1) is 0 Å². The second kappa shape index (κ2) is 4.03. The summed E-state index contributed by atoms with van der Waals surface area (Å²) in [5.41, 5.74) is 2.02. The highest BCUT2D eigenvalue weighted by Gasteiger charge is 2.35. The Morgan fingerprint density at radius 3 is 2.76 bits per heavy atom. The summed E-state index contributed by atoms with van der Waals surface area (Å²) >= 11 is 0. The third kappa shape index (κ3) is 2.41. The van der Waals surface area contributed by atoms with Gasteiger partial charge in [0.1, 0.15) is 6.04 Å². The van der Waals surface area contributed by atoms with Crippen LogP contribution in [0.2, 0.25) is 0 Å². The summed E-state index contributed by atoms with van der Waals surface area (Å²) in [6.07, 6.45) is -4.33. The van der Waals surface area contributed by atoms with Crippen molar-refractivity contribution in [2.45, 2.75) is 19.1 Å². The molecule has 1 aliphatic heterocycles. The largest absolute Gasteiger partial charge is 0.401 e. The van der Waals surface area contributed by atoms with Crippen molar-refractivity contribution in [2.75, 3.05) is 11.9 Å². The Morgan fingerprint density at radius 2 is 2.12 bits per heavy atom. The highest BCUT2D eigenvalue weighted by molar-refractivity contribution is 6.03. The highest BCUT2D eigenvalue weighted by Crippen LogP contribution is 2.33. The summed E-state index contributed by atoms with van der Waals surface area (Å²) in [4.78, 5) is 11.6. The topological polar surface area (TPSA) is 41.1 Å². The van der Waals surface area contributed by atoms with Crippen LogP contribution in [0.1, 0.15) is 17.2 Å². The fourth-order valence-electron chi connectivity index (χ4n) is 1.86. The molecule has 0 bridgehead atoms. The molecule has 17 heavy (non-hydrogen) atoms. The number of amides is 1. The summed E-state index contributed by atoms with van der Waals surface area (Å²) in [5, 5.41) is 4.80. The van der Waals surface area contributed by atoms with E-state index in [-0.39, 0.29) is 0 Å². The number of fused-ring (bicyclic) bond motifs is 1. The number of carbonyl (C=O) groups excluding carboxylic acids is 1. The Bertz CT molecular complexity index is 457. The van der Waals surface area contributed by atoms with Crippen LogP contribution in [0, 0.1) is 6.92 Å². The number of para-hydroxylation sites is 1. The molecule has 6 heteroatoms. The molecule has 0 spiro atoms. The normalized spacial score (nSPS) is 19.1. The fourth-order valence-corrected chi connectivity index (χ4v) is 1.86. The van der Waals surface area contributed by atoms with Crippen LogP contribution < -0.4 is 10.6 Å². The molecule has 1 amide bonds. The molecule has 2 rings (SSSR count). The minimum atomic E-state index is -4.33. The van der Waals surface area contributed by atoms with Gasteiger partial charge >= 0.3 is 6.18 Å². The molecule has 0 aromatic heterocycles. The van der Waals surface area contributed by atoms with Crippen LogP contribution in [-0.4, -0.2) is 18.6 Å². The van der Waals surface area contributed by atoms with Crippen molar-refractivity contribution in [1.29, 1.82) is 0 Å². The minimum Gasteiger partial charge on any atom is -0.324 e. The first-order chi connectivity index (χ1) is 7.88. The summed E-state index contributed by atoms with van der Waals surface area (Å²) < 4.78 is 36.3. The van der Waals surface area contributed by atoms with E-state index in [4.69, 9.17) is 0 Å². The molecular formula is C11H11F3N2O. The van der Waals surface area contributed by atoms with Crippen LogP contribution in [0.25, 0.3) is 0 Å². The Kier molecular flexibility index (Phi) is 2.82. The number of rotatable bonds is 2. The molecule has 1 aromatic carbocycles. The number of anilines is 1. The zero-order valence-electron chi connectivity index (χ0n) is 9.06. The van der Waals surface area contributed by atoms with E-state index >= 15 is 0 Å². The predicted octanol–water partition coefficient (Wildman–Crippen LogP) is 2.14. The van der Waals surface area contributed by atoms with Gasteiger partial charge in [-0.1, -0.05) is 18.2 Å². The molecular weight excluding hydrogens is 233 g/mol. The average molecular weight is 244 g/mol. The molecule has 0 saturated heterocycles. The number of aryl methyl sites for hydroxylation is 1. The smallest absolute Gasteiger partial charge is 0.324 e. The van der Waals surface area contributed by atoms with E-state index in [1.807, 2.05) is 0 Å². The third-order valence-corrected chi connectivity index (χ3v) is 2.63. The zero-order valence-corrected chi connectivity index (χ0v) is 9.06. The van der Waals surface area contributed by atoms with Gasteiger partial charge in [0.05, 0.1) is 6.54 Å². The van der Waals surface area contributed by atoms with E-state index in [1.54, 1.807) is 25.1 Å². The first kappa shape index (κ1) is 11.9. The van der Waals surface area contributed by atoms with E-state index in [0.29, 0.717) is 11.3 Å². The maximum Gasteiger partial charge on any atom is 0.401 e. The van der Waals surface area contributed by atoms with Crippen molar-refractivity contribution < 1.29 is 18.0 Å². The van der Waals surface area contributed by atoms with Crippen LogP contribution >= 0.6 is 0 Å². The van der Waals surface area contributed by atoms with Crippen molar-refractivity contribution in [2.24, 2.45) is 0 Å². The average Bonchev–Trinajstić information content (AvgIpc) is 2.52. The zero-order chi connectivity index (χ0) is 12.6. The van der Waals surface area contributed by atoms with E-state index in [9.17, 15) is 18.0 Å². The van der Waals surface area contributed by atoms with Gasteiger partial charge in [0, 0.05) is 11.3 Å². The lowest BCUT2D eigenvalue weighted by atomic mass is 10.1. The Labute approximate surface area is 96.0 Å². The van der Waals surface area contributed by atoms with Crippen LogP contribution in [0.15, 0.2) is 18.2 Å². The van der Waals surface area contributed by atoms with Gasteiger partial charge in [0.25, 0.3) is 0 Å². The molecule has 1 aliphatic rings. The third-order valence-electron chi connectivity index (χ3n) is 2.63. The van der Waals surface area contributed by atoms with Crippen molar-refractivity contribution >= 4 is 11.6 Å². The van der Waals surface area contributed by atoms with Crippen molar-refractivity contribution in [3.8, 4) is 0 Å². The van der Waals surface area contributed by atoms with Crippen molar-refractivity contribution in [3.05, 3.63) is 29.3 Å². The molecule has 2 N–H and O–H groups in total. The maximum absolute atomic E-state index is 12.1. The standard InChI is InChI=1S/C11H11F3N2O/c1-6-3-2-4-7-8(6)16-10(17)9(7)15-5-11(12,13)14/h2-4,9,15H,5H2,1H3,(H,16,17). The molecule has 0 saturated carbocycles. The van der Waals surface area contributed by atoms with Crippen LogP contribution in [0.3, 0.4) is 0 Å². The molecule has 1 unspecified atom stereocenters. The van der Waals surface area contributed by atoms with Gasteiger partial charge in [0.2, 0.25) is 5.91 Å². The summed E-state index contributed by atoms with van der Waals surface area (Å²) in [5.74, 6) is -0.446. The van der Waals surface area contributed by atoms with E-state index in [2.05, 4.69) is 10.6 Å². The fraction of sp³-hybridized carbons (Fsp3) is 0.364. The number of halogens is 3. The van der Waals surface area contributed by atoms with E-state index in [1.165, 1.54) is 0 Å². The number of nitrogens with one attached hydrogen (secondary N) is 2. The molecule has 1 atom stereocenters. The van der Waals surface area contributed by atoms with Gasteiger partial charge in [-0.25, -0.2) is 0 Å². The number of benzene rings is 1. The Morgan fingerprint density at radius 1 is 1.41 bits per heavy atom. The highest BCUT2D eigenvalue weighted by atomic mass is 19.4.